The van der Waals surface area contributed by atoms with Crippen molar-refractivity contribution in [2.75, 3.05) is 6.61 Å². The molecule has 2 aromatic carbocycles. The van der Waals surface area contributed by atoms with E-state index in [1.807, 2.05) is 0 Å². The molecule has 1 aromatic heterocycles. The number of hydrogen-bond acceptors (Lipinski definition) is 5. The molecular weight excluding hydrogens is 474 g/mol. The molecule has 0 aliphatic heterocycles. The molecule has 2 amide bonds. The lowest BCUT2D eigenvalue weighted by molar-refractivity contribution is -0.141. The van der Waals surface area contributed by atoms with E-state index >= 15 is 0 Å². The molecule has 0 saturated heterocycles. The molecule has 0 radical (unpaired) electrons. The molecule has 3 aromatic rings. The van der Waals surface area contributed by atoms with E-state index < -0.39 is 22.8 Å². The van der Waals surface area contributed by atoms with E-state index in [1.165, 1.54) is 18.2 Å². The van der Waals surface area contributed by atoms with Crippen LogP contribution in [0.1, 0.15) is 29.8 Å². The number of fused-ring (bicyclic) bond motifs is 1. The predicted octanol–water partition coefficient (Wildman–Crippen LogP) is 3.84. The third kappa shape index (κ3) is 4.05. The van der Waals surface area contributed by atoms with Crippen LogP contribution in [-0.2, 0) is 4.79 Å². The van der Waals surface area contributed by atoms with E-state index in [9.17, 15) is 18.8 Å². The van der Waals surface area contributed by atoms with Crippen LogP contribution in [0.3, 0.4) is 0 Å². The second-order valence-electron chi connectivity index (χ2n) is 8.57. The van der Waals surface area contributed by atoms with Gasteiger partial charge in [-0.05, 0) is 49.6 Å². The Labute approximate surface area is 196 Å². The molecule has 3 aliphatic rings. The van der Waals surface area contributed by atoms with Crippen LogP contribution in [-0.4, -0.2) is 29.5 Å². The number of amides is 2. The Bertz CT molecular complexity index is 1350. The lowest BCUT2D eigenvalue weighted by Gasteiger charge is -2.70. The van der Waals surface area contributed by atoms with E-state index in [0.717, 1.165) is 12.1 Å². The molecule has 3 fully saturated rings. The van der Waals surface area contributed by atoms with Gasteiger partial charge < -0.3 is 19.8 Å². The van der Waals surface area contributed by atoms with Gasteiger partial charge in [0.2, 0.25) is 0 Å². The van der Waals surface area contributed by atoms with Crippen molar-refractivity contribution >= 4 is 46.0 Å². The van der Waals surface area contributed by atoms with Gasteiger partial charge in [0.15, 0.2) is 17.8 Å². The lowest BCUT2D eigenvalue weighted by Crippen LogP contribution is -2.84. The normalized spacial score (nSPS) is 22.8. The maximum atomic E-state index is 13.5. The number of hydrogen-bond donors (Lipinski definition) is 2. The standard InChI is InChI=1S/C23H17Cl2FN2O5/c24-12-1-4-18-14(5-12)17(29)7-19(33-18)21(31)28-23-9-22(10-23,11-23)27-20(30)8-32-13-2-3-15(25)16(26)6-13/h1-7H,8-11H2,(H,27,30)(H,28,31). The minimum Gasteiger partial charge on any atom is -0.484 e. The summed E-state index contributed by atoms with van der Waals surface area (Å²) in [5.74, 6) is -1.34. The van der Waals surface area contributed by atoms with Crippen molar-refractivity contribution in [2.45, 2.75) is 30.3 Å². The van der Waals surface area contributed by atoms with Gasteiger partial charge in [-0.3, -0.25) is 14.4 Å². The Kier molecular flexibility index (Phi) is 5.10. The van der Waals surface area contributed by atoms with Crippen LogP contribution < -0.4 is 20.8 Å². The molecule has 2 bridgehead atoms. The highest BCUT2D eigenvalue weighted by molar-refractivity contribution is 6.31. The first-order valence-corrected chi connectivity index (χ1v) is 10.9. The van der Waals surface area contributed by atoms with E-state index in [4.69, 9.17) is 32.4 Å². The summed E-state index contributed by atoms with van der Waals surface area (Å²) in [7, 11) is 0. The van der Waals surface area contributed by atoms with Crippen molar-refractivity contribution < 1.29 is 23.1 Å². The Hall–Kier alpha value is -3.10. The molecule has 2 N–H and O–H groups in total. The first-order valence-electron chi connectivity index (χ1n) is 10.1. The van der Waals surface area contributed by atoms with Crippen LogP contribution in [0.5, 0.6) is 5.75 Å². The summed E-state index contributed by atoms with van der Waals surface area (Å²) in [5.41, 5.74) is -0.928. The molecule has 7 nitrogen and oxygen atoms in total. The maximum absolute atomic E-state index is 13.5. The minimum absolute atomic E-state index is 0.0274. The second kappa shape index (κ2) is 7.74. The summed E-state index contributed by atoms with van der Waals surface area (Å²) in [4.78, 5) is 37.2. The van der Waals surface area contributed by atoms with Crippen LogP contribution in [0.15, 0.2) is 51.7 Å². The fraction of sp³-hybridized carbons (Fsp3) is 0.261. The smallest absolute Gasteiger partial charge is 0.287 e. The summed E-state index contributed by atoms with van der Waals surface area (Å²) in [5, 5.41) is 6.50. The predicted molar refractivity (Wildman–Crippen MR) is 119 cm³/mol. The third-order valence-corrected chi connectivity index (χ3v) is 6.53. The molecule has 0 atom stereocenters. The van der Waals surface area contributed by atoms with Gasteiger partial charge in [0.05, 0.1) is 10.4 Å². The summed E-state index contributed by atoms with van der Waals surface area (Å²) >= 11 is 11.5. The number of halogens is 3. The van der Waals surface area contributed by atoms with E-state index in [2.05, 4.69) is 10.6 Å². The third-order valence-electron chi connectivity index (χ3n) is 5.99. The summed E-state index contributed by atoms with van der Waals surface area (Å²) in [6.07, 6.45) is 1.67. The van der Waals surface area contributed by atoms with E-state index in [0.29, 0.717) is 29.7 Å². The van der Waals surface area contributed by atoms with Crippen LogP contribution in [0.25, 0.3) is 11.0 Å². The minimum atomic E-state index is -0.627. The average Bonchev–Trinajstić information content (AvgIpc) is 2.72. The molecule has 33 heavy (non-hydrogen) atoms. The lowest BCUT2D eigenvalue weighted by atomic mass is 9.44. The zero-order valence-electron chi connectivity index (χ0n) is 17.0. The first kappa shape index (κ1) is 21.7. The van der Waals surface area contributed by atoms with Gasteiger partial charge >= 0.3 is 0 Å². The highest BCUT2D eigenvalue weighted by Gasteiger charge is 2.69. The number of ether oxygens (including phenoxy) is 1. The number of rotatable bonds is 6. The van der Waals surface area contributed by atoms with Crippen LogP contribution >= 0.6 is 23.2 Å². The summed E-state index contributed by atoms with van der Waals surface area (Å²) in [6, 6.07) is 9.70. The van der Waals surface area contributed by atoms with E-state index in [1.54, 1.807) is 12.1 Å². The van der Waals surface area contributed by atoms with Gasteiger partial charge in [0.25, 0.3) is 11.8 Å². The molecular formula is C23H17Cl2FN2O5. The zero-order chi connectivity index (χ0) is 23.4. The second-order valence-corrected chi connectivity index (χ2v) is 9.42. The Balaban J connectivity index is 1.15. The number of carbonyl (C=O) groups is 2. The molecule has 10 heteroatoms. The average molecular weight is 491 g/mol. The Morgan fingerprint density at radius 3 is 2.48 bits per heavy atom. The van der Waals surface area contributed by atoms with Crippen molar-refractivity contribution in [2.24, 2.45) is 0 Å². The number of benzene rings is 2. The molecule has 3 saturated carbocycles. The number of nitrogens with one attached hydrogen (secondary N) is 2. The van der Waals surface area contributed by atoms with Gasteiger partial charge in [-0.15, -0.1) is 0 Å². The van der Waals surface area contributed by atoms with Crippen LogP contribution in [0.4, 0.5) is 4.39 Å². The van der Waals surface area contributed by atoms with Gasteiger partial charge in [-0.2, -0.15) is 0 Å². The molecule has 6 rings (SSSR count). The fourth-order valence-corrected chi connectivity index (χ4v) is 4.93. The van der Waals surface area contributed by atoms with Gasteiger partial charge in [0, 0.05) is 28.2 Å². The topological polar surface area (TPSA) is 97.6 Å². The SMILES string of the molecule is O=C(COc1ccc(Cl)c(F)c1)NC12CC(NC(=O)c3cc(=O)c4cc(Cl)ccc4o3)(C1)C2. The largest absolute Gasteiger partial charge is 0.484 e. The zero-order valence-corrected chi connectivity index (χ0v) is 18.6. The van der Waals surface area contributed by atoms with Gasteiger partial charge in [-0.25, -0.2) is 4.39 Å². The van der Waals surface area contributed by atoms with Crippen molar-refractivity contribution in [3.05, 3.63) is 74.3 Å². The summed E-state index contributed by atoms with van der Waals surface area (Å²) in [6.45, 7) is -0.269. The number of carbonyl (C=O) groups excluding carboxylic acids is 2. The molecule has 0 unspecified atom stereocenters. The highest BCUT2D eigenvalue weighted by atomic mass is 35.5. The monoisotopic (exact) mass is 490 g/mol. The van der Waals surface area contributed by atoms with Crippen LogP contribution in [0, 0.1) is 5.82 Å². The van der Waals surface area contributed by atoms with Gasteiger partial charge in [0.1, 0.15) is 17.1 Å². The summed E-state index contributed by atoms with van der Waals surface area (Å²) < 4.78 is 24.3. The first-order chi connectivity index (χ1) is 15.7. The fourth-order valence-electron chi connectivity index (χ4n) is 4.64. The Morgan fingerprint density at radius 1 is 1.03 bits per heavy atom. The molecule has 3 aliphatic carbocycles. The van der Waals surface area contributed by atoms with Crippen molar-refractivity contribution in [1.29, 1.82) is 0 Å². The molecule has 0 spiro atoms. The van der Waals surface area contributed by atoms with Crippen LogP contribution in [0.2, 0.25) is 10.0 Å². The molecule has 1 heterocycles. The highest BCUT2D eigenvalue weighted by Crippen LogP contribution is 2.60. The maximum Gasteiger partial charge on any atom is 0.287 e. The van der Waals surface area contributed by atoms with Crippen molar-refractivity contribution in [3.63, 3.8) is 0 Å². The Morgan fingerprint density at radius 2 is 1.76 bits per heavy atom. The van der Waals surface area contributed by atoms with E-state index in [-0.39, 0.29) is 40.1 Å². The molecule has 170 valence electrons. The quantitative estimate of drug-likeness (QED) is 0.546. The van der Waals surface area contributed by atoms with Crippen molar-refractivity contribution in [3.8, 4) is 5.75 Å². The van der Waals surface area contributed by atoms with Crippen molar-refractivity contribution in [1.82, 2.24) is 10.6 Å². The van der Waals surface area contributed by atoms with Gasteiger partial charge in [-0.1, -0.05) is 23.2 Å².